The molecule has 0 spiro atoms. The van der Waals surface area contributed by atoms with E-state index in [2.05, 4.69) is 69.4 Å². The Bertz CT molecular complexity index is 873. The lowest BCUT2D eigenvalue weighted by molar-refractivity contribution is 0.294. The molecule has 3 rings (SSSR count). The lowest BCUT2D eigenvalue weighted by atomic mass is 10.1. The Labute approximate surface area is 193 Å². The molecule has 0 saturated carbocycles. The second-order valence-electron chi connectivity index (χ2n) is 9.09. The molecule has 7 heteroatoms. The van der Waals surface area contributed by atoms with E-state index in [1.165, 1.54) is 31.2 Å². The summed E-state index contributed by atoms with van der Waals surface area (Å²) in [4.78, 5) is 4.38. The van der Waals surface area contributed by atoms with E-state index >= 15 is 0 Å². The average molecular weight is 441 g/mol. The van der Waals surface area contributed by atoms with Gasteiger partial charge in [-0.25, -0.2) is 0 Å². The van der Waals surface area contributed by atoms with Gasteiger partial charge in [0.05, 0.1) is 6.61 Å². The molecular weight excluding hydrogens is 400 g/mol. The summed E-state index contributed by atoms with van der Waals surface area (Å²) in [5.74, 6) is 4.66. The predicted molar refractivity (Wildman–Crippen MR) is 130 cm³/mol. The van der Waals surface area contributed by atoms with Gasteiger partial charge < -0.3 is 19.9 Å². The van der Waals surface area contributed by atoms with Gasteiger partial charge in [0.15, 0.2) is 5.96 Å². The zero-order chi connectivity index (χ0) is 22.8. The highest BCUT2D eigenvalue weighted by molar-refractivity contribution is 5.79. The number of aryl methyl sites for hydroxylation is 2. The van der Waals surface area contributed by atoms with Gasteiger partial charge in [-0.15, -0.1) is 10.2 Å². The van der Waals surface area contributed by atoms with Gasteiger partial charge in [-0.05, 0) is 50.2 Å². The van der Waals surface area contributed by atoms with Gasteiger partial charge in [0.25, 0.3) is 0 Å². The van der Waals surface area contributed by atoms with Gasteiger partial charge in [-0.1, -0.05) is 32.4 Å². The molecule has 0 atom stereocenters. The zero-order valence-corrected chi connectivity index (χ0v) is 20.3. The Kier molecular flexibility index (Phi) is 9.38. The maximum atomic E-state index is 6.11. The van der Waals surface area contributed by atoms with Crippen molar-refractivity contribution in [1.29, 1.82) is 0 Å². The van der Waals surface area contributed by atoms with E-state index in [0.29, 0.717) is 12.5 Å². The molecule has 0 unspecified atom stereocenters. The second kappa shape index (κ2) is 12.5. The number of aliphatic imine (C=N–C) groups is 1. The summed E-state index contributed by atoms with van der Waals surface area (Å²) in [5, 5.41) is 15.6. The molecule has 0 radical (unpaired) electrons. The average Bonchev–Trinajstić information content (AvgIpc) is 3.00. The molecule has 2 aromatic rings. The number of guanidine groups is 1. The minimum absolute atomic E-state index is 0.666. The topological polar surface area (TPSA) is 76.4 Å². The highest BCUT2D eigenvalue weighted by Gasteiger charge is 2.14. The van der Waals surface area contributed by atoms with Crippen LogP contribution in [-0.4, -0.2) is 40.9 Å². The van der Waals surface area contributed by atoms with Crippen molar-refractivity contribution in [2.45, 2.75) is 78.8 Å². The van der Waals surface area contributed by atoms with E-state index in [1.807, 2.05) is 0 Å². The zero-order valence-electron chi connectivity index (χ0n) is 20.3. The van der Waals surface area contributed by atoms with Crippen molar-refractivity contribution < 1.29 is 4.74 Å². The molecule has 1 aliphatic heterocycles. The number of fused-ring (bicyclic) bond motifs is 1. The van der Waals surface area contributed by atoms with Gasteiger partial charge >= 0.3 is 0 Å². The van der Waals surface area contributed by atoms with Crippen LogP contribution < -0.4 is 15.4 Å². The molecule has 1 aromatic carbocycles. The standard InChI is InChI=1S/C25H40N6O/c1-19(2)9-8-16-32-22-17-20(3)11-12-21(22)18-28-25(26-4)27-14-13-24-30-29-23-10-6-5-7-15-31(23)24/h11-12,17,19H,5-10,13-16,18H2,1-4H3,(H2,26,27,28). The van der Waals surface area contributed by atoms with Crippen molar-refractivity contribution in [3.05, 3.63) is 41.0 Å². The summed E-state index contributed by atoms with van der Waals surface area (Å²) in [6.45, 7) is 9.83. The largest absolute Gasteiger partial charge is 0.493 e. The van der Waals surface area contributed by atoms with Crippen LogP contribution in [0.1, 0.15) is 68.7 Å². The van der Waals surface area contributed by atoms with Crippen LogP contribution in [-0.2, 0) is 25.9 Å². The second-order valence-corrected chi connectivity index (χ2v) is 9.09. The number of aromatic nitrogens is 3. The van der Waals surface area contributed by atoms with E-state index in [9.17, 15) is 0 Å². The van der Waals surface area contributed by atoms with Gasteiger partial charge in [0.1, 0.15) is 17.4 Å². The van der Waals surface area contributed by atoms with Crippen LogP contribution >= 0.6 is 0 Å². The van der Waals surface area contributed by atoms with Crippen LogP contribution in [0.2, 0.25) is 0 Å². The summed E-state index contributed by atoms with van der Waals surface area (Å²) in [7, 11) is 1.80. The van der Waals surface area contributed by atoms with Crippen LogP contribution in [0.5, 0.6) is 5.75 Å². The smallest absolute Gasteiger partial charge is 0.191 e. The van der Waals surface area contributed by atoms with E-state index in [1.54, 1.807) is 7.05 Å². The third-order valence-corrected chi connectivity index (χ3v) is 5.90. The number of rotatable bonds is 10. The van der Waals surface area contributed by atoms with E-state index in [4.69, 9.17) is 4.74 Å². The molecule has 2 heterocycles. The molecule has 0 bridgehead atoms. The maximum absolute atomic E-state index is 6.11. The maximum Gasteiger partial charge on any atom is 0.191 e. The van der Waals surface area contributed by atoms with Gasteiger partial charge in [-0.3, -0.25) is 4.99 Å². The van der Waals surface area contributed by atoms with Crippen LogP contribution in [0.4, 0.5) is 0 Å². The summed E-state index contributed by atoms with van der Waals surface area (Å²) in [6, 6.07) is 6.39. The first-order chi connectivity index (χ1) is 15.6. The predicted octanol–water partition coefficient (Wildman–Crippen LogP) is 4.04. The summed E-state index contributed by atoms with van der Waals surface area (Å²) >= 11 is 0. The first-order valence-electron chi connectivity index (χ1n) is 12.1. The van der Waals surface area contributed by atoms with Gasteiger partial charge in [-0.2, -0.15) is 0 Å². The highest BCUT2D eigenvalue weighted by atomic mass is 16.5. The van der Waals surface area contributed by atoms with Crippen molar-refractivity contribution in [2.75, 3.05) is 20.2 Å². The molecule has 1 aromatic heterocycles. The Hall–Kier alpha value is -2.57. The van der Waals surface area contributed by atoms with Crippen LogP contribution in [0.25, 0.3) is 0 Å². The minimum atomic E-state index is 0.666. The number of ether oxygens (including phenoxy) is 1. The monoisotopic (exact) mass is 440 g/mol. The van der Waals surface area contributed by atoms with Crippen molar-refractivity contribution in [3.8, 4) is 5.75 Å². The lowest BCUT2D eigenvalue weighted by Crippen LogP contribution is -2.38. The summed E-state index contributed by atoms with van der Waals surface area (Å²) in [6.07, 6.45) is 7.85. The van der Waals surface area contributed by atoms with E-state index in [-0.39, 0.29) is 0 Å². The number of nitrogens with one attached hydrogen (secondary N) is 2. The Morgan fingerprint density at radius 1 is 1.19 bits per heavy atom. The number of hydrogen-bond acceptors (Lipinski definition) is 4. The molecular formula is C25H40N6O. The molecule has 32 heavy (non-hydrogen) atoms. The van der Waals surface area contributed by atoms with Crippen molar-refractivity contribution in [1.82, 2.24) is 25.4 Å². The molecule has 1 aliphatic rings. The molecule has 176 valence electrons. The lowest BCUT2D eigenvalue weighted by Gasteiger charge is -2.16. The number of nitrogens with zero attached hydrogens (tertiary/aromatic N) is 4. The summed E-state index contributed by atoms with van der Waals surface area (Å²) < 4.78 is 8.41. The minimum Gasteiger partial charge on any atom is -0.493 e. The Balaban J connectivity index is 1.48. The molecule has 2 N–H and O–H groups in total. The van der Waals surface area contributed by atoms with Crippen molar-refractivity contribution >= 4 is 5.96 Å². The highest BCUT2D eigenvalue weighted by Crippen LogP contribution is 2.21. The first-order valence-corrected chi connectivity index (χ1v) is 12.1. The molecule has 0 aliphatic carbocycles. The third kappa shape index (κ3) is 7.24. The summed E-state index contributed by atoms with van der Waals surface area (Å²) in [5.41, 5.74) is 2.36. The first kappa shape index (κ1) is 24.1. The van der Waals surface area contributed by atoms with Gasteiger partial charge in [0.2, 0.25) is 0 Å². The van der Waals surface area contributed by atoms with Gasteiger partial charge in [0, 0.05) is 45.1 Å². The Morgan fingerprint density at radius 2 is 2.06 bits per heavy atom. The molecule has 7 nitrogen and oxygen atoms in total. The van der Waals surface area contributed by atoms with Crippen LogP contribution in [0, 0.1) is 12.8 Å². The molecule has 0 amide bonds. The van der Waals surface area contributed by atoms with Crippen molar-refractivity contribution in [3.63, 3.8) is 0 Å². The fourth-order valence-electron chi connectivity index (χ4n) is 4.04. The SMILES string of the molecule is CN=C(NCCc1nnc2n1CCCCC2)NCc1ccc(C)cc1OCCCC(C)C. The van der Waals surface area contributed by atoms with Crippen LogP contribution in [0.15, 0.2) is 23.2 Å². The van der Waals surface area contributed by atoms with Crippen LogP contribution in [0.3, 0.4) is 0 Å². The fraction of sp³-hybridized carbons (Fsp3) is 0.640. The van der Waals surface area contributed by atoms with E-state index in [0.717, 1.165) is 67.9 Å². The quantitative estimate of drug-likeness (QED) is 0.331. The molecule has 0 saturated heterocycles. The third-order valence-electron chi connectivity index (χ3n) is 5.90. The number of benzene rings is 1. The fourth-order valence-corrected chi connectivity index (χ4v) is 4.04. The number of hydrogen-bond donors (Lipinski definition) is 2. The van der Waals surface area contributed by atoms with E-state index < -0.39 is 0 Å². The Morgan fingerprint density at radius 3 is 2.88 bits per heavy atom. The normalized spacial score (nSPS) is 14.2. The van der Waals surface area contributed by atoms with Crippen molar-refractivity contribution in [2.24, 2.45) is 10.9 Å². The molecule has 0 fully saturated rings.